The van der Waals surface area contributed by atoms with E-state index in [1.54, 1.807) is 9.80 Å². The van der Waals surface area contributed by atoms with Crippen molar-refractivity contribution in [1.29, 1.82) is 0 Å². The molecule has 2 heterocycles. The van der Waals surface area contributed by atoms with Crippen LogP contribution in [0, 0.1) is 0 Å². The number of hydrogen-bond acceptors (Lipinski definition) is 4. The quantitative estimate of drug-likeness (QED) is 0.752. The monoisotopic (exact) mass is 312 g/mol. The second-order valence-corrected chi connectivity index (χ2v) is 8.15. The lowest BCUT2D eigenvalue weighted by atomic mass is 10.2. The van der Waals surface area contributed by atoms with Crippen molar-refractivity contribution in [2.45, 2.75) is 77.7 Å². The molecule has 2 fully saturated rings. The predicted octanol–water partition coefficient (Wildman–Crippen LogP) is 3.01. The molecule has 0 saturated carbocycles. The normalized spacial score (nSPS) is 24.1. The van der Waals surface area contributed by atoms with E-state index in [4.69, 9.17) is 9.47 Å². The molecule has 0 aromatic rings. The van der Waals surface area contributed by atoms with E-state index in [9.17, 15) is 9.59 Å². The Balaban J connectivity index is 1.64. The van der Waals surface area contributed by atoms with E-state index in [0.29, 0.717) is 0 Å². The van der Waals surface area contributed by atoms with Gasteiger partial charge in [-0.3, -0.25) is 0 Å². The molecule has 22 heavy (non-hydrogen) atoms. The van der Waals surface area contributed by atoms with Gasteiger partial charge in [-0.05, 0) is 54.4 Å². The third-order valence-electron chi connectivity index (χ3n) is 3.52. The fraction of sp³-hybridized carbons (Fsp3) is 0.875. The number of nitrogens with zero attached hydrogens (tertiary/aromatic N) is 2. The Labute approximate surface area is 132 Å². The zero-order valence-corrected chi connectivity index (χ0v) is 14.5. The molecule has 6 heteroatoms. The van der Waals surface area contributed by atoms with Crippen molar-refractivity contribution in [3.8, 4) is 0 Å². The van der Waals surface area contributed by atoms with Crippen LogP contribution >= 0.6 is 0 Å². The first-order chi connectivity index (χ1) is 9.96. The molecule has 2 aliphatic heterocycles. The van der Waals surface area contributed by atoms with Gasteiger partial charge in [0.15, 0.2) is 0 Å². The number of rotatable bonds is 3. The Kier molecular flexibility index (Phi) is 4.33. The first-order valence-corrected chi connectivity index (χ1v) is 7.95. The Bertz CT molecular complexity index is 408. The van der Waals surface area contributed by atoms with Crippen LogP contribution in [0.1, 0.15) is 54.4 Å². The third kappa shape index (κ3) is 5.07. The van der Waals surface area contributed by atoms with Crippen LogP contribution in [-0.4, -0.2) is 58.4 Å². The average molecular weight is 312 g/mol. The summed E-state index contributed by atoms with van der Waals surface area (Å²) in [5, 5.41) is 0. The van der Waals surface area contributed by atoms with Gasteiger partial charge in [0.2, 0.25) is 0 Å². The molecule has 2 atom stereocenters. The van der Waals surface area contributed by atoms with E-state index in [2.05, 4.69) is 0 Å². The lowest BCUT2D eigenvalue weighted by molar-refractivity contribution is 0.0385. The van der Waals surface area contributed by atoms with Gasteiger partial charge in [0.25, 0.3) is 0 Å². The molecule has 126 valence electrons. The minimum Gasteiger partial charge on any atom is -0.444 e. The summed E-state index contributed by atoms with van der Waals surface area (Å²) in [6.07, 6.45) is 1.33. The second kappa shape index (κ2) is 5.63. The molecule has 0 bridgehead atoms. The maximum absolute atomic E-state index is 11.8. The molecule has 2 aliphatic rings. The Hall–Kier alpha value is -1.46. The molecule has 0 spiro atoms. The summed E-state index contributed by atoms with van der Waals surface area (Å²) in [7, 11) is 0. The molecule has 2 saturated heterocycles. The summed E-state index contributed by atoms with van der Waals surface area (Å²) in [6.45, 7) is 12.7. The van der Waals surface area contributed by atoms with Crippen molar-refractivity contribution in [3.63, 3.8) is 0 Å². The van der Waals surface area contributed by atoms with Gasteiger partial charge in [-0.15, -0.1) is 0 Å². The highest BCUT2D eigenvalue weighted by molar-refractivity contribution is 5.72. The molecule has 0 aromatic carbocycles. The van der Waals surface area contributed by atoms with Crippen LogP contribution in [-0.2, 0) is 9.47 Å². The van der Waals surface area contributed by atoms with Crippen molar-refractivity contribution in [1.82, 2.24) is 9.80 Å². The van der Waals surface area contributed by atoms with E-state index < -0.39 is 11.2 Å². The SMILES string of the molecule is CC(C)(C)OC(=O)N1C[C@H]1CC[C@@H]1CN1C(=O)OC(C)(C)C. The molecule has 0 unspecified atom stereocenters. The lowest BCUT2D eigenvalue weighted by Crippen LogP contribution is -2.28. The van der Waals surface area contributed by atoms with Crippen molar-refractivity contribution in [3.05, 3.63) is 0 Å². The fourth-order valence-corrected chi connectivity index (χ4v) is 2.33. The Morgan fingerprint density at radius 1 is 0.818 bits per heavy atom. The van der Waals surface area contributed by atoms with Crippen molar-refractivity contribution >= 4 is 12.2 Å². The van der Waals surface area contributed by atoms with E-state index >= 15 is 0 Å². The number of carbonyl (C=O) groups excluding carboxylic acids is 2. The van der Waals surface area contributed by atoms with Crippen LogP contribution < -0.4 is 0 Å². The van der Waals surface area contributed by atoms with Crippen LogP contribution in [0.4, 0.5) is 9.59 Å². The smallest absolute Gasteiger partial charge is 0.410 e. The number of hydrogen-bond donors (Lipinski definition) is 0. The van der Waals surface area contributed by atoms with Crippen molar-refractivity contribution in [2.75, 3.05) is 13.1 Å². The standard InChI is InChI=1S/C16H28N2O4/c1-15(2,3)21-13(19)17-9-11(17)7-8-12-10-18(12)14(20)22-16(4,5)6/h11-12H,7-10H2,1-6H3/t11-,12-,17?,18?/m1/s1. The molecule has 0 radical (unpaired) electrons. The lowest BCUT2D eigenvalue weighted by Gasteiger charge is -2.20. The molecule has 0 aromatic heterocycles. The minimum absolute atomic E-state index is 0.239. The first kappa shape index (κ1) is 16.9. The molecule has 2 rings (SSSR count). The van der Waals surface area contributed by atoms with Gasteiger partial charge in [-0.2, -0.15) is 0 Å². The molecule has 6 nitrogen and oxygen atoms in total. The summed E-state index contributed by atoms with van der Waals surface area (Å²) in [5.74, 6) is 0. The second-order valence-electron chi connectivity index (χ2n) is 8.15. The highest BCUT2D eigenvalue weighted by Gasteiger charge is 2.45. The topological polar surface area (TPSA) is 58.6 Å². The largest absolute Gasteiger partial charge is 0.444 e. The van der Waals surface area contributed by atoms with Gasteiger partial charge in [0.05, 0.1) is 12.1 Å². The van der Waals surface area contributed by atoms with Gasteiger partial charge in [0.1, 0.15) is 11.2 Å². The minimum atomic E-state index is -0.450. The van der Waals surface area contributed by atoms with Crippen LogP contribution in [0.2, 0.25) is 0 Å². The fourth-order valence-electron chi connectivity index (χ4n) is 2.33. The van der Waals surface area contributed by atoms with Crippen molar-refractivity contribution < 1.29 is 19.1 Å². The average Bonchev–Trinajstić information content (AvgIpc) is 3.17. The van der Waals surface area contributed by atoms with Crippen LogP contribution in [0.15, 0.2) is 0 Å². The maximum atomic E-state index is 11.8. The summed E-state index contributed by atoms with van der Waals surface area (Å²) >= 11 is 0. The molecule has 0 N–H and O–H groups in total. The summed E-state index contributed by atoms with van der Waals surface area (Å²) in [5.41, 5.74) is -0.900. The van der Waals surface area contributed by atoms with E-state index in [1.165, 1.54) is 0 Å². The Morgan fingerprint density at radius 2 is 1.14 bits per heavy atom. The van der Waals surface area contributed by atoms with E-state index in [-0.39, 0.29) is 24.3 Å². The summed E-state index contributed by atoms with van der Waals surface area (Å²) in [4.78, 5) is 27.2. The van der Waals surface area contributed by atoms with Crippen LogP contribution in [0.25, 0.3) is 0 Å². The molecular formula is C16H28N2O4. The van der Waals surface area contributed by atoms with Gasteiger partial charge in [0, 0.05) is 13.1 Å². The third-order valence-corrected chi connectivity index (χ3v) is 3.52. The number of ether oxygens (including phenoxy) is 2. The summed E-state index contributed by atoms with van der Waals surface area (Å²) in [6, 6.07) is 0.520. The predicted molar refractivity (Wildman–Crippen MR) is 82.7 cm³/mol. The molecule has 2 amide bonds. The van der Waals surface area contributed by atoms with E-state index in [0.717, 1.165) is 25.9 Å². The maximum Gasteiger partial charge on any atom is 0.410 e. The molecule has 0 aliphatic carbocycles. The number of carbonyl (C=O) groups is 2. The zero-order chi connectivity index (χ0) is 16.7. The van der Waals surface area contributed by atoms with Gasteiger partial charge >= 0.3 is 12.2 Å². The highest BCUT2D eigenvalue weighted by atomic mass is 16.6. The first-order valence-electron chi connectivity index (χ1n) is 7.95. The number of amides is 2. The van der Waals surface area contributed by atoms with Gasteiger partial charge in [-0.1, -0.05) is 0 Å². The highest BCUT2D eigenvalue weighted by Crippen LogP contribution is 2.31. The summed E-state index contributed by atoms with van der Waals surface area (Å²) < 4.78 is 10.7. The van der Waals surface area contributed by atoms with Gasteiger partial charge in [-0.25, -0.2) is 9.59 Å². The Morgan fingerprint density at radius 3 is 1.41 bits per heavy atom. The van der Waals surface area contributed by atoms with Gasteiger partial charge < -0.3 is 19.3 Å². The molecular weight excluding hydrogens is 284 g/mol. The zero-order valence-electron chi connectivity index (χ0n) is 14.5. The van der Waals surface area contributed by atoms with Crippen molar-refractivity contribution in [2.24, 2.45) is 0 Å². The van der Waals surface area contributed by atoms with E-state index in [1.807, 2.05) is 41.5 Å². The van der Waals surface area contributed by atoms with Crippen LogP contribution in [0.3, 0.4) is 0 Å². The van der Waals surface area contributed by atoms with Crippen LogP contribution in [0.5, 0.6) is 0 Å².